The average Bonchev–Trinajstić information content (AvgIpc) is 2.45. The van der Waals surface area contributed by atoms with Crippen molar-refractivity contribution in [3.63, 3.8) is 0 Å². The van der Waals surface area contributed by atoms with Crippen molar-refractivity contribution < 1.29 is 9.18 Å². The number of carbonyl (C=O) groups excluding carboxylic acids is 1. The number of amides is 1. The molecule has 6 heteroatoms. The molecule has 0 aromatic heterocycles. The van der Waals surface area contributed by atoms with Crippen LogP contribution in [0, 0.1) is 17.1 Å². The second-order valence-corrected chi connectivity index (χ2v) is 5.21. The summed E-state index contributed by atoms with van der Waals surface area (Å²) in [6, 6.07) is 11.8. The van der Waals surface area contributed by atoms with Gasteiger partial charge in [0.2, 0.25) is 0 Å². The number of hydrogen-bond acceptors (Lipinski definition) is 2. The molecule has 0 fully saturated rings. The van der Waals surface area contributed by atoms with E-state index in [4.69, 9.17) is 28.5 Å². The molecule has 1 amide bonds. The van der Waals surface area contributed by atoms with Crippen LogP contribution in [0.5, 0.6) is 0 Å². The average molecular weight is 335 g/mol. The number of anilines is 1. The maximum atomic E-state index is 12.8. The summed E-state index contributed by atoms with van der Waals surface area (Å²) < 4.78 is 12.8. The minimum atomic E-state index is -0.606. The normalized spacial score (nSPS) is 10.9. The van der Waals surface area contributed by atoms with Crippen molar-refractivity contribution in [3.8, 4) is 6.07 Å². The lowest BCUT2D eigenvalue weighted by Crippen LogP contribution is -2.13. The molecule has 22 heavy (non-hydrogen) atoms. The first kappa shape index (κ1) is 16.0. The van der Waals surface area contributed by atoms with Crippen molar-refractivity contribution in [2.45, 2.75) is 0 Å². The lowest BCUT2D eigenvalue weighted by Gasteiger charge is -2.05. The van der Waals surface area contributed by atoms with Gasteiger partial charge in [-0.1, -0.05) is 35.3 Å². The zero-order valence-electron chi connectivity index (χ0n) is 11.1. The van der Waals surface area contributed by atoms with Gasteiger partial charge in [-0.05, 0) is 42.0 Å². The third-order valence-corrected chi connectivity index (χ3v) is 3.10. The number of carbonyl (C=O) groups is 1. The zero-order chi connectivity index (χ0) is 16.1. The third-order valence-electron chi connectivity index (χ3n) is 2.67. The van der Waals surface area contributed by atoms with E-state index < -0.39 is 11.7 Å². The van der Waals surface area contributed by atoms with Crippen LogP contribution >= 0.6 is 23.2 Å². The lowest BCUT2D eigenvalue weighted by molar-refractivity contribution is -0.112. The highest BCUT2D eigenvalue weighted by molar-refractivity contribution is 6.35. The third kappa shape index (κ3) is 4.32. The molecule has 0 aliphatic heterocycles. The fourth-order valence-corrected chi connectivity index (χ4v) is 2.22. The van der Waals surface area contributed by atoms with E-state index in [0.29, 0.717) is 21.3 Å². The molecule has 0 saturated carbocycles. The van der Waals surface area contributed by atoms with Crippen LogP contribution < -0.4 is 5.32 Å². The number of nitrogens with zero attached hydrogens (tertiary/aromatic N) is 1. The molecule has 0 atom stereocenters. The Balaban J connectivity index is 2.22. The summed E-state index contributed by atoms with van der Waals surface area (Å²) in [4.78, 5) is 12.1. The van der Waals surface area contributed by atoms with E-state index in [2.05, 4.69) is 5.32 Å². The number of hydrogen-bond donors (Lipinski definition) is 1. The summed E-state index contributed by atoms with van der Waals surface area (Å²) in [6.07, 6.45) is 1.36. The minimum absolute atomic E-state index is 0.122. The van der Waals surface area contributed by atoms with E-state index in [1.165, 1.54) is 48.5 Å². The number of benzene rings is 2. The van der Waals surface area contributed by atoms with E-state index in [9.17, 15) is 9.18 Å². The maximum Gasteiger partial charge on any atom is 0.266 e. The van der Waals surface area contributed by atoms with Gasteiger partial charge < -0.3 is 5.32 Å². The van der Waals surface area contributed by atoms with Crippen LogP contribution in [0.25, 0.3) is 6.08 Å². The predicted octanol–water partition coefficient (Wildman–Crippen LogP) is 4.68. The van der Waals surface area contributed by atoms with Crippen LogP contribution in [-0.2, 0) is 4.79 Å². The van der Waals surface area contributed by atoms with Gasteiger partial charge in [0, 0.05) is 15.7 Å². The summed E-state index contributed by atoms with van der Waals surface area (Å²) in [6.45, 7) is 0. The molecule has 1 N–H and O–H groups in total. The first-order chi connectivity index (χ1) is 10.5. The number of nitriles is 1. The molecule has 0 aliphatic rings. The molecular formula is C16H9Cl2FN2O. The van der Waals surface area contributed by atoms with Crippen molar-refractivity contribution in [1.29, 1.82) is 5.26 Å². The van der Waals surface area contributed by atoms with Gasteiger partial charge in [-0.25, -0.2) is 4.39 Å². The molecule has 2 aromatic carbocycles. The van der Waals surface area contributed by atoms with Crippen LogP contribution in [-0.4, -0.2) is 5.91 Å². The summed E-state index contributed by atoms with van der Waals surface area (Å²) in [7, 11) is 0. The van der Waals surface area contributed by atoms with Crippen LogP contribution in [0.15, 0.2) is 48.0 Å². The van der Waals surface area contributed by atoms with Gasteiger partial charge in [-0.2, -0.15) is 5.26 Å². The highest BCUT2D eigenvalue weighted by Crippen LogP contribution is 2.23. The van der Waals surface area contributed by atoms with Crippen molar-refractivity contribution in [3.05, 3.63) is 69.5 Å². The lowest BCUT2D eigenvalue weighted by atomic mass is 10.1. The fraction of sp³-hybridized carbons (Fsp3) is 0. The summed E-state index contributed by atoms with van der Waals surface area (Å²) in [5.41, 5.74) is 0.794. The van der Waals surface area contributed by atoms with Crippen LogP contribution in [0.3, 0.4) is 0 Å². The van der Waals surface area contributed by atoms with Crippen LogP contribution in [0.4, 0.5) is 10.1 Å². The summed E-state index contributed by atoms with van der Waals surface area (Å²) >= 11 is 11.7. The molecule has 2 aromatic rings. The molecule has 0 heterocycles. The topological polar surface area (TPSA) is 52.9 Å². The Labute approximate surface area is 136 Å². The van der Waals surface area contributed by atoms with Crippen LogP contribution in [0.2, 0.25) is 10.0 Å². The second kappa shape index (κ2) is 7.08. The standard InChI is InChI=1S/C16H9Cl2FN2O/c17-12-6-13(18)8-15(7-12)21-16(22)11(9-20)5-10-1-3-14(19)4-2-10/h1-8H,(H,21,22)/b11-5+. The monoisotopic (exact) mass is 334 g/mol. The molecule has 0 bridgehead atoms. The molecule has 0 aliphatic carbocycles. The number of halogens is 3. The van der Waals surface area contributed by atoms with Crippen molar-refractivity contribution in [1.82, 2.24) is 0 Å². The molecular weight excluding hydrogens is 326 g/mol. The largest absolute Gasteiger partial charge is 0.321 e. The summed E-state index contributed by atoms with van der Waals surface area (Å²) in [5.74, 6) is -1.00. The maximum absolute atomic E-state index is 12.8. The Morgan fingerprint density at radius 3 is 2.27 bits per heavy atom. The van der Waals surface area contributed by atoms with Crippen molar-refractivity contribution >= 4 is 40.9 Å². The summed E-state index contributed by atoms with van der Waals surface area (Å²) in [5, 5.41) is 12.4. The fourth-order valence-electron chi connectivity index (χ4n) is 1.70. The second-order valence-electron chi connectivity index (χ2n) is 4.33. The molecule has 0 unspecified atom stereocenters. The van der Waals surface area contributed by atoms with Crippen LogP contribution in [0.1, 0.15) is 5.56 Å². The van der Waals surface area contributed by atoms with Gasteiger partial charge in [0.15, 0.2) is 0 Å². The van der Waals surface area contributed by atoms with Gasteiger partial charge in [-0.15, -0.1) is 0 Å². The Bertz CT molecular complexity index is 759. The number of nitrogens with one attached hydrogen (secondary N) is 1. The Hall–Kier alpha value is -2.35. The van der Waals surface area contributed by atoms with E-state index in [0.717, 1.165) is 0 Å². The molecule has 3 nitrogen and oxygen atoms in total. The van der Waals surface area contributed by atoms with Gasteiger partial charge in [0.05, 0.1) is 0 Å². The molecule has 0 radical (unpaired) electrons. The zero-order valence-corrected chi connectivity index (χ0v) is 12.6. The van der Waals surface area contributed by atoms with Gasteiger partial charge in [0.25, 0.3) is 5.91 Å². The molecule has 2 rings (SSSR count). The van der Waals surface area contributed by atoms with Crippen molar-refractivity contribution in [2.24, 2.45) is 0 Å². The Morgan fingerprint density at radius 1 is 1.14 bits per heavy atom. The molecule has 0 saturated heterocycles. The molecule has 0 spiro atoms. The highest BCUT2D eigenvalue weighted by Gasteiger charge is 2.10. The predicted molar refractivity (Wildman–Crippen MR) is 85.1 cm³/mol. The number of rotatable bonds is 3. The quantitative estimate of drug-likeness (QED) is 0.654. The van der Waals surface area contributed by atoms with Gasteiger partial charge in [-0.3, -0.25) is 4.79 Å². The SMILES string of the molecule is N#C/C(=C\c1ccc(F)cc1)C(=O)Nc1cc(Cl)cc(Cl)c1. The first-order valence-corrected chi connectivity index (χ1v) is 6.88. The Kier molecular flexibility index (Phi) is 5.16. The Morgan fingerprint density at radius 2 is 1.73 bits per heavy atom. The molecule has 110 valence electrons. The van der Waals surface area contributed by atoms with Gasteiger partial charge >= 0.3 is 0 Å². The minimum Gasteiger partial charge on any atom is -0.321 e. The van der Waals surface area contributed by atoms with E-state index >= 15 is 0 Å². The highest BCUT2D eigenvalue weighted by atomic mass is 35.5. The first-order valence-electron chi connectivity index (χ1n) is 6.13. The van der Waals surface area contributed by atoms with E-state index in [1.807, 2.05) is 0 Å². The van der Waals surface area contributed by atoms with Crippen molar-refractivity contribution in [2.75, 3.05) is 5.32 Å². The smallest absolute Gasteiger partial charge is 0.266 e. The van der Waals surface area contributed by atoms with E-state index in [1.54, 1.807) is 6.07 Å². The van der Waals surface area contributed by atoms with Gasteiger partial charge in [0.1, 0.15) is 17.5 Å². The van der Waals surface area contributed by atoms with E-state index in [-0.39, 0.29) is 5.57 Å².